The first-order valence-electron chi connectivity index (χ1n) is 10.5. The number of rotatable bonds is 6. The fourth-order valence-corrected chi connectivity index (χ4v) is 3.88. The normalized spacial score (nSPS) is 16.1. The number of hydrogen-bond acceptors (Lipinski definition) is 4. The third-order valence-corrected chi connectivity index (χ3v) is 5.77. The van der Waals surface area contributed by atoms with Crippen molar-refractivity contribution in [2.24, 2.45) is 0 Å². The number of nitrogens with zero attached hydrogens (tertiary/aromatic N) is 2. The van der Waals surface area contributed by atoms with Gasteiger partial charge in [0.25, 0.3) is 0 Å². The first kappa shape index (κ1) is 23.2. The number of anilines is 2. The van der Waals surface area contributed by atoms with E-state index in [4.69, 9.17) is 0 Å². The van der Waals surface area contributed by atoms with Crippen LogP contribution < -0.4 is 10.6 Å². The van der Waals surface area contributed by atoms with Crippen LogP contribution in [0.2, 0.25) is 0 Å². The molecule has 1 fully saturated rings. The van der Waals surface area contributed by atoms with Crippen molar-refractivity contribution < 1.29 is 13.2 Å². The van der Waals surface area contributed by atoms with E-state index in [-0.39, 0.29) is 0 Å². The van der Waals surface area contributed by atoms with Crippen LogP contribution >= 0.6 is 0 Å². The first-order chi connectivity index (χ1) is 14.7. The van der Waals surface area contributed by atoms with Gasteiger partial charge >= 0.3 is 6.18 Å². The second-order valence-electron chi connectivity index (χ2n) is 8.19. The van der Waals surface area contributed by atoms with Crippen LogP contribution in [-0.2, 0) is 12.7 Å². The summed E-state index contributed by atoms with van der Waals surface area (Å²) in [4.78, 5) is 4.32. The lowest BCUT2D eigenvalue weighted by Crippen LogP contribution is -2.29. The highest BCUT2D eigenvalue weighted by atomic mass is 19.4. The smallest absolute Gasteiger partial charge is 0.388 e. The molecule has 2 aromatic carbocycles. The zero-order chi connectivity index (χ0) is 22.6. The molecule has 4 nitrogen and oxygen atoms in total. The van der Waals surface area contributed by atoms with Gasteiger partial charge in [-0.2, -0.15) is 13.2 Å². The summed E-state index contributed by atoms with van der Waals surface area (Å²) in [6.07, 6.45) is -3.46. The van der Waals surface area contributed by atoms with Gasteiger partial charge in [-0.25, -0.2) is 0 Å². The number of nitrogens with one attached hydrogen (secondary N) is 2. The van der Waals surface area contributed by atoms with Crippen LogP contribution in [0.3, 0.4) is 0 Å². The van der Waals surface area contributed by atoms with E-state index in [9.17, 15) is 13.2 Å². The Balaban J connectivity index is 1.81. The summed E-state index contributed by atoms with van der Waals surface area (Å²) in [6.45, 7) is 9.67. The SMILES string of the molecule is C=C(Nc1ccc(C)c(NC)c1)c1ccc(CN2CCCN(C)CC2)c(C(F)(F)F)c1. The molecule has 1 heterocycles. The van der Waals surface area contributed by atoms with Crippen molar-refractivity contribution in [2.75, 3.05) is 50.9 Å². The largest absolute Gasteiger partial charge is 0.416 e. The second-order valence-corrected chi connectivity index (χ2v) is 8.19. The summed E-state index contributed by atoms with van der Waals surface area (Å²) >= 11 is 0. The lowest BCUT2D eigenvalue weighted by atomic mass is 10.0. The summed E-state index contributed by atoms with van der Waals surface area (Å²) in [5, 5.41) is 6.24. The number of halogens is 3. The zero-order valence-electron chi connectivity index (χ0n) is 18.4. The molecule has 31 heavy (non-hydrogen) atoms. The third-order valence-electron chi connectivity index (χ3n) is 5.77. The molecule has 0 atom stereocenters. The molecule has 0 unspecified atom stereocenters. The van der Waals surface area contributed by atoms with Crippen molar-refractivity contribution in [3.63, 3.8) is 0 Å². The van der Waals surface area contributed by atoms with Gasteiger partial charge < -0.3 is 15.5 Å². The van der Waals surface area contributed by atoms with Crippen molar-refractivity contribution in [1.29, 1.82) is 0 Å². The van der Waals surface area contributed by atoms with E-state index in [1.54, 1.807) is 12.1 Å². The van der Waals surface area contributed by atoms with E-state index in [1.807, 2.05) is 39.2 Å². The first-order valence-corrected chi connectivity index (χ1v) is 10.5. The molecule has 2 aromatic rings. The molecule has 1 aliphatic heterocycles. The zero-order valence-corrected chi connectivity index (χ0v) is 18.4. The lowest BCUT2D eigenvalue weighted by molar-refractivity contribution is -0.138. The molecule has 0 aromatic heterocycles. The summed E-state index contributed by atoms with van der Waals surface area (Å²) in [5.41, 5.74) is 3.38. The summed E-state index contributed by atoms with van der Waals surface area (Å²) in [6, 6.07) is 10.3. The van der Waals surface area contributed by atoms with E-state index in [1.165, 1.54) is 6.07 Å². The van der Waals surface area contributed by atoms with Crippen molar-refractivity contribution in [2.45, 2.75) is 26.1 Å². The standard InChI is InChI=1S/C24H31F3N4/c1-17-6-9-21(15-23(17)28-3)29-18(2)19-7-8-20(22(14-19)24(25,26)27)16-31-11-5-10-30(4)12-13-31/h6-9,14-15,28-29H,2,5,10-13,16H2,1,3-4H3. The van der Waals surface area contributed by atoms with Gasteiger partial charge in [0.1, 0.15) is 0 Å². The Bertz CT molecular complexity index is 924. The lowest BCUT2D eigenvalue weighted by Gasteiger charge is -2.23. The maximum absolute atomic E-state index is 13.9. The van der Waals surface area contributed by atoms with E-state index in [2.05, 4.69) is 27.0 Å². The minimum atomic E-state index is -4.42. The predicted octanol–water partition coefficient (Wildman–Crippen LogP) is 5.28. The van der Waals surface area contributed by atoms with Gasteiger partial charge in [-0.1, -0.05) is 24.8 Å². The summed E-state index contributed by atoms with van der Waals surface area (Å²) < 4.78 is 41.6. The van der Waals surface area contributed by atoms with Gasteiger partial charge in [0.05, 0.1) is 5.56 Å². The van der Waals surface area contributed by atoms with Crippen LogP contribution in [0.1, 0.15) is 28.7 Å². The molecule has 0 amide bonds. The molecular formula is C24H31F3N4. The van der Waals surface area contributed by atoms with Gasteiger partial charge in [0.2, 0.25) is 0 Å². The molecule has 0 spiro atoms. The van der Waals surface area contributed by atoms with E-state index in [0.29, 0.717) is 23.4 Å². The van der Waals surface area contributed by atoms with Gasteiger partial charge in [-0.15, -0.1) is 0 Å². The van der Waals surface area contributed by atoms with Crippen molar-refractivity contribution in [3.05, 3.63) is 65.2 Å². The molecule has 0 aliphatic carbocycles. The average Bonchev–Trinajstić information content (AvgIpc) is 2.93. The molecular weight excluding hydrogens is 401 g/mol. The number of hydrogen-bond donors (Lipinski definition) is 2. The van der Waals surface area contributed by atoms with E-state index in [0.717, 1.165) is 49.5 Å². The molecule has 0 radical (unpaired) electrons. The monoisotopic (exact) mass is 432 g/mol. The topological polar surface area (TPSA) is 30.5 Å². The maximum atomic E-state index is 13.9. The predicted molar refractivity (Wildman–Crippen MR) is 122 cm³/mol. The molecule has 168 valence electrons. The molecule has 1 saturated heterocycles. The minimum Gasteiger partial charge on any atom is -0.388 e. The Kier molecular flexibility index (Phi) is 7.28. The van der Waals surface area contributed by atoms with Crippen LogP contribution in [0, 0.1) is 6.92 Å². The molecule has 1 aliphatic rings. The Labute approximate surface area is 182 Å². The molecule has 0 saturated carbocycles. The third kappa shape index (κ3) is 6.02. The van der Waals surface area contributed by atoms with Crippen LogP contribution in [-0.4, -0.2) is 50.1 Å². The van der Waals surface area contributed by atoms with Crippen molar-refractivity contribution in [1.82, 2.24) is 9.80 Å². The highest BCUT2D eigenvalue weighted by molar-refractivity contribution is 5.77. The van der Waals surface area contributed by atoms with Crippen molar-refractivity contribution >= 4 is 17.1 Å². The van der Waals surface area contributed by atoms with Gasteiger partial charge in [0, 0.05) is 43.8 Å². The summed E-state index contributed by atoms with van der Waals surface area (Å²) in [7, 11) is 3.88. The van der Waals surface area contributed by atoms with Crippen molar-refractivity contribution in [3.8, 4) is 0 Å². The Hall–Kier alpha value is -2.51. The maximum Gasteiger partial charge on any atom is 0.416 e. The fourth-order valence-electron chi connectivity index (χ4n) is 3.88. The van der Waals surface area contributed by atoms with Crippen LogP contribution in [0.25, 0.3) is 5.70 Å². The fraction of sp³-hybridized carbons (Fsp3) is 0.417. The van der Waals surface area contributed by atoms with Crippen LogP contribution in [0.4, 0.5) is 24.5 Å². The molecule has 2 N–H and O–H groups in total. The Morgan fingerprint density at radius 2 is 1.84 bits per heavy atom. The minimum absolute atomic E-state index is 0.298. The quantitative estimate of drug-likeness (QED) is 0.651. The van der Waals surface area contributed by atoms with Gasteiger partial charge in [-0.3, -0.25) is 4.90 Å². The Morgan fingerprint density at radius 1 is 1.06 bits per heavy atom. The molecule has 3 rings (SSSR count). The second kappa shape index (κ2) is 9.75. The molecule has 0 bridgehead atoms. The summed E-state index contributed by atoms with van der Waals surface area (Å²) in [5.74, 6) is 0. The molecule has 7 heteroatoms. The highest BCUT2D eigenvalue weighted by Gasteiger charge is 2.34. The number of alkyl halides is 3. The number of aryl methyl sites for hydroxylation is 1. The number of benzene rings is 2. The van der Waals surface area contributed by atoms with Gasteiger partial charge in [0.15, 0.2) is 0 Å². The van der Waals surface area contributed by atoms with Gasteiger partial charge in [-0.05, 0) is 68.4 Å². The van der Waals surface area contributed by atoms with Crippen LogP contribution in [0.5, 0.6) is 0 Å². The Morgan fingerprint density at radius 3 is 2.55 bits per heavy atom. The average molecular weight is 433 g/mol. The van der Waals surface area contributed by atoms with E-state index >= 15 is 0 Å². The van der Waals surface area contributed by atoms with Crippen LogP contribution in [0.15, 0.2) is 43.0 Å². The highest BCUT2D eigenvalue weighted by Crippen LogP contribution is 2.35. The number of likely N-dealkylation sites (N-methyl/N-ethyl adjacent to an activating group) is 1. The van der Waals surface area contributed by atoms with E-state index < -0.39 is 11.7 Å².